The van der Waals surface area contributed by atoms with Gasteiger partial charge >= 0.3 is 5.97 Å². The van der Waals surface area contributed by atoms with Crippen LogP contribution in [0.3, 0.4) is 0 Å². The van der Waals surface area contributed by atoms with Gasteiger partial charge in [-0.1, -0.05) is 0 Å². The van der Waals surface area contributed by atoms with E-state index in [0.29, 0.717) is 12.1 Å². The molecule has 0 aromatic carbocycles. The summed E-state index contributed by atoms with van der Waals surface area (Å²) in [6.45, 7) is 6.97. The first kappa shape index (κ1) is 15.5. The predicted molar refractivity (Wildman–Crippen MR) is 78.8 cm³/mol. The molecule has 0 N–H and O–H groups in total. The fourth-order valence-electron chi connectivity index (χ4n) is 2.67. The van der Waals surface area contributed by atoms with Crippen molar-refractivity contribution in [2.24, 2.45) is 7.05 Å². The molecule has 6 nitrogen and oxygen atoms in total. The second-order valence-electron chi connectivity index (χ2n) is 5.40. The fraction of sp³-hybridized carbons (Fsp3) is 0.600. The molecular weight excluding hydrogens is 268 g/mol. The van der Waals surface area contributed by atoms with E-state index in [4.69, 9.17) is 10.00 Å². The third-order valence-electron chi connectivity index (χ3n) is 4.18. The number of rotatable bonds is 4. The first-order valence-electron chi connectivity index (χ1n) is 7.12. The summed E-state index contributed by atoms with van der Waals surface area (Å²) in [4.78, 5) is 16.2. The van der Waals surface area contributed by atoms with Gasteiger partial charge < -0.3 is 9.30 Å². The Labute approximate surface area is 125 Å². The number of esters is 1. The highest BCUT2D eigenvalue weighted by Gasteiger charge is 2.20. The van der Waals surface area contributed by atoms with E-state index in [1.165, 1.54) is 7.11 Å². The molecule has 6 heteroatoms. The molecular formula is C15H22N4O2. The molecule has 1 aromatic heterocycles. The molecule has 0 radical (unpaired) electrons. The van der Waals surface area contributed by atoms with Gasteiger partial charge in [0, 0.05) is 51.2 Å². The van der Waals surface area contributed by atoms with Gasteiger partial charge in [-0.25, -0.2) is 4.79 Å². The molecule has 0 spiro atoms. The van der Waals surface area contributed by atoms with E-state index in [1.807, 2.05) is 24.6 Å². The summed E-state index contributed by atoms with van der Waals surface area (Å²) in [5, 5.41) is 8.71. The number of piperazine rings is 1. The van der Waals surface area contributed by atoms with Crippen molar-refractivity contribution in [1.82, 2.24) is 14.4 Å². The lowest BCUT2D eigenvalue weighted by Crippen LogP contribution is -2.46. The van der Waals surface area contributed by atoms with Gasteiger partial charge in [0.2, 0.25) is 0 Å². The minimum absolute atomic E-state index is 0.284. The van der Waals surface area contributed by atoms with Gasteiger partial charge in [0.25, 0.3) is 0 Å². The van der Waals surface area contributed by atoms with E-state index in [2.05, 4.69) is 15.9 Å². The highest BCUT2D eigenvalue weighted by molar-refractivity contribution is 5.91. The summed E-state index contributed by atoms with van der Waals surface area (Å²) < 4.78 is 6.86. The largest absolute Gasteiger partial charge is 0.465 e. The highest BCUT2D eigenvalue weighted by Crippen LogP contribution is 2.17. The number of nitriles is 1. The van der Waals surface area contributed by atoms with E-state index < -0.39 is 0 Å². The molecule has 2 heterocycles. The van der Waals surface area contributed by atoms with Gasteiger partial charge in [-0.15, -0.1) is 0 Å². The lowest BCUT2D eigenvalue weighted by atomic mass is 10.2. The summed E-state index contributed by atoms with van der Waals surface area (Å²) in [6, 6.07) is 4.11. The molecule has 0 saturated carbocycles. The Morgan fingerprint density at radius 2 is 1.95 bits per heavy atom. The summed E-state index contributed by atoms with van der Waals surface area (Å²) in [5.41, 5.74) is 2.68. The molecule has 1 aliphatic heterocycles. The number of nitrogens with zero attached hydrogens (tertiary/aromatic N) is 4. The van der Waals surface area contributed by atoms with Crippen molar-refractivity contribution in [3.05, 3.63) is 23.0 Å². The zero-order chi connectivity index (χ0) is 15.4. The molecule has 1 aliphatic rings. The van der Waals surface area contributed by atoms with Gasteiger partial charge in [0.05, 0.1) is 25.3 Å². The van der Waals surface area contributed by atoms with Crippen molar-refractivity contribution in [2.45, 2.75) is 13.5 Å². The minimum Gasteiger partial charge on any atom is -0.465 e. The Morgan fingerprint density at radius 3 is 2.52 bits per heavy atom. The maximum absolute atomic E-state index is 11.7. The molecule has 0 atom stereocenters. The van der Waals surface area contributed by atoms with Crippen LogP contribution in [-0.4, -0.2) is 60.2 Å². The average Bonchev–Trinajstić information content (AvgIpc) is 2.77. The Bertz CT molecular complexity index is 551. The van der Waals surface area contributed by atoms with Gasteiger partial charge in [-0.3, -0.25) is 9.80 Å². The summed E-state index contributed by atoms with van der Waals surface area (Å²) >= 11 is 0. The summed E-state index contributed by atoms with van der Waals surface area (Å²) in [7, 11) is 3.38. The molecule has 1 saturated heterocycles. The topological polar surface area (TPSA) is 61.5 Å². The molecule has 0 aliphatic carbocycles. The lowest BCUT2D eigenvalue weighted by Gasteiger charge is -2.33. The van der Waals surface area contributed by atoms with Gasteiger partial charge in [0.1, 0.15) is 0 Å². The van der Waals surface area contributed by atoms with Crippen molar-refractivity contribution in [1.29, 1.82) is 5.26 Å². The molecule has 0 bridgehead atoms. The van der Waals surface area contributed by atoms with Crippen LogP contribution >= 0.6 is 0 Å². The number of carbonyl (C=O) groups is 1. The first-order chi connectivity index (χ1) is 10.1. The number of hydrogen-bond donors (Lipinski definition) is 0. The molecule has 1 aromatic rings. The second kappa shape index (κ2) is 6.74. The van der Waals surface area contributed by atoms with Crippen LogP contribution in [0.2, 0.25) is 0 Å². The first-order valence-corrected chi connectivity index (χ1v) is 7.12. The molecule has 21 heavy (non-hydrogen) atoms. The number of ether oxygens (including phenoxy) is 1. The van der Waals surface area contributed by atoms with Crippen LogP contribution in [0, 0.1) is 18.3 Å². The Balaban J connectivity index is 2.01. The van der Waals surface area contributed by atoms with E-state index in [1.54, 1.807) is 0 Å². The van der Waals surface area contributed by atoms with Crippen LogP contribution in [0.25, 0.3) is 0 Å². The predicted octanol–water partition coefficient (Wildman–Crippen LogP) is 0.761. The van der Waals surface area contributed by atoms with Crippen LogP contribution in [0.4, 0.5) is 0 Å². The van der Waals surface area contributed by atoms with Gasteiger partial charge in [0.15, 0.2) is 0 Å². The number of aromatic nitrogens is 1. The standard InChI is InChI=1S/C15H22N4O2/c1-12-14(15(20)21-3)10-13(17(12)2)11-19-8-6-18(5-4-16)7-9-19/h10H,5-9,11H2,1-3H3. The Morgan fingerprint density at radius 1 is 1.33 bits per heavy atom. The third kappa shape index (κ3) is 3.43. The van der Waals surface area contributed by atoms with Crippen molar-refractivity contribution in [3.63, 3.8) is 0 Å². The zero-order valence-electron chi connectivity index (χ0n) is 12.9. The average molecular weight is 290 g/mol. The van der Waals surface area contributed by atoms with Crippen LogP contribution in [-0.2, 0) is 18.3 Å². The molecule has 0 unspecified atom stereocenters. The smallest absolute Gasteiger partial charge is 0.339 e. The Hall–Kier alpha value is -1.84. The molecule has 1 fully saturated rings. The number of carbonyl (C=O) groups excluding carboxylic acids is 1. The maximum Gasteiger partial charge on any atom is 0.339 e. The van der Waals surface area contributed by atoms with Crippen molar-refractivity contribution in [3.8, 4) is 6.07 Å². The quantitative estimate of drug-likeness (QED) is 0.605. The van der Waals surface area contributed by atoms with E-state index in [9.17, 15) is 4.79 Å². The van der Waals surface area contributed by atoms with E-state index in [0.717, 1.165) is 44.1 Å². The number of methoxy groups -OCH3 is 1. The normalized spacial score (nSPS) is 16.7. The fourth-order valence-corrected chi connectivity index (χ4v) is 2.67. The van der Waals surface area contributed by atoms with Crippen molar-refractivity contribution >= 4 is 5.97 Å². The van der Waals surface area contributed by atoms with Gasteiger partial charge in [-0.2, -0.15) is 5.26 Å². The second-order valence-corrected chi connectivity index (χ2v) is 5.40. The van der Waals surface area contributed by atoms with E-state index >= 15 is 0 Å². The van der Waals surface area contributed by atoms with Crippen molar-refractivity contribution < 1.29 is 9.53 Å². The maximum atomic E-state index is 11.7. The highest BCUT2D eigenvalue weighted by atomic mass is 16.5. The van der Waals surface area contributed by atoms with Gasteiger partial charge in [-0.05, 0) is 13.0 Å². The molecule has 2 rings (SSSR count). The summed E-state index contributed by atoms with van der Waals surface area (Å²) in [5.74, 6) is -0.284. The molecule has 0 amide bonds. The summed E-state index contributed by atoms with van der Waals surface area (Å²) in [6.07, 6.45) is 0. The lowest BCUT2D eigenvalue weighted by molar-refractivity contribution is 0.0600. The zero-order valence-corrected chi connectivity index (χ0v) is 12.9. The van der Waals surface area contributed by atoms with Crippen LogP contribution in [0.15, 0.2) is 6.07 Å². The SMILES string of the molecule is COC(=O)c1cc(CN2CCN(CC#N)CC2)n(C)c1C. The minimum atomic E-state index is -0.284. The van der Waals surface area contributed by atoms with Crippen LogP contribution in [0.1, 0.15) is 21.7 Å². The molecule has 114 valence electrons. The Kier molecular flexibility index (Phi) is 4.99. The number of hydrogen-bond acceptors (Lipinski definition) is 5. The van der Waals surface area contributed by atoms with Crippen LogP contribution < -0.4 is 0 Å². The third-order valence-corrected chi connectivity index (χ3v) is 4.18. The van der Waals surface area contributed by atoms with Crippen molar-refractivity contribution in [2.75, 3.05) is 39.8 Å². The monoisotopic (exact) mass is 290 g/mol. The van der Waals surface area contributed by atoms with Crippen LogP contribution in [0.5, 0.6) is 0 Å². The van der Waals surface area contributed by atoms with E-state index in [-0.39, 0.29) is 5.97 Å².